The molecule has 2 rings (SSSR count). The SMILES string of the molecule is NCc1cnoc1CC1CCCS1(=O)=O. The molecular formula is C9H14N2O3S. The summed E-state index contributed by atoms with van der Waals surface area (Å²) in [6, 6.07) is 0. The molecule has 1 aliphatic heterocycles. The van der Waals surface area contributed by atoms with E-state index in [1.165, 1.54) is 0 Å². The zero-order chi connectivity index (χ0) is 10.9. The third-order valence-corrected chi connectivity index (χ3v) is 5.10. The van der Waals surface area contributed by atoms with Gasteiger partial charge in [-0.25, -0.2) is 8.42 Å². The number of hydrogen-bond acceptors (Lipinski definition) is 5. The molecule has 1 aromatic rings. The fourth-order valence-electron chi connectivity index (χ4n) is 1.91. The smallest absolute Gasteiger partial charge is 0.153 e. The molecule has 0 aromatic carbocycles. The van der Waals surface area contributed by atoms with Gasteiger partial charge in [0.25, 0.3) is 0 Å². The van der Waals surface area contributed by atoms with Crippen molar-refractivity contribution in [3.63, 3.8) is 0 Å². The van der Waals surface area contributed by atoms with E-state index in [4.69, 9.17) is 10.3 Å². The number of nitrogens with two attached hydrogens (primary N) is 1. The van der Waals surface area contributed by atoms with Crippen LogP contribution < -0.4 is 5.73 Å². The molecule has 1 saturated heterocycles. The van der Waals surface area contributed by atoms with Crippen LogP contribution in [-0.4, -0.2) is 24.6 Å². The quantitative estimate of drug-likeness (QED) is 0.804. The Kier molecular flexibility index (Phi) is 2.79. The Bertz CT molecular complexity index is 438. The number of rotatable bonds is 3. The van der Waals surface area contributed by atoms with Crippen molar-refractivity contribution in [2.75, 3.05) is 5.75 Å². The Balaban J connectivity index is 2.16. The van der Waals surface area contributed by atoms with Crippen molar-refractivity contribution in [1.29, 1.82) is 0 Å². The summed E-state index contributed by atoms with van der Waals surface area (Å²) >= 11 is 0. The molecule has 1 fully saturated rings. The van der Waals surface area contributed by atoms with Crippen LogP contribution in [0.15, 0.2) is 10.7 Å². The van der Waals surface area contributed by atoms with Crippen molar-refractivity contribution in [3.8, 4) is 0 Å². The van der Waals surface area contributed by atoms with Crippen LogP contribution in [0.5, 0.6) is 0 Å². The average molecular weight is 230 g/mol. The summed E-state index contributed by atoms with van der Waals surface area (Å²) in [7, 11) is -2.92. The molecule has 6 heteroatoms. The molecule has 0 amide bonds. The monoisotopic (exact) mass is 230 g/mol. The summed E-state index contributed by atoms with van der Waals surface area (Å²) in [6.07, 6.45) is 3.43. The van der Waals surface area contributed by atoms with Gasteiger partial charge in [-0.15, -0.1) is 0 Å². The molecule has 1 unspecified atom stereocenters. The van der Waals surface area contributed by atoms with Gasteiger partial charge in [-0.05, 0) is 12.8 Å². The van der Waals surface area contributed by atoms with Gasteiger partial charge >= 0.3 is 0 Å². The van der Waals surface area contributed by atoms with Crippen LogP contribution in [0.1, 0.15) is 24.2 Å². The number of nitrogens with zero attached hydrogens (tertiary/aromatic N) is 1. The van der Waals surface area contributed by atoms with Crippen LogP contribution in [0.4, 0.5) is 0 Å². The Morgan fingerprint density at radius 2 is 2.40 bits per heavy atom. The van der Waals surface area contributed by atoms with Crippen molar-refractivity contribution in [2.24, 2.45) is 5.73 Å². The molecule has 0 spiro atoms. The molecule has 15 heavy (non-hydrogen) atoms. The maximum atomic E-state index is 11.6. The Morgan fingerprint density at radius 1 is 1.60 bits per heavy atom. The molecule has 1 aromatic heterocycles. The minimum atomic E-state index is -2.92. The maximum Gasteiger partial charge on any atom is 0.153 e. The lowest BCUT2D eigenvalue weighted by Gasteiger charge is -2.06. The molecule has 84 valence electrons. The van der Waals surface area contributed by atoms with Gasteiger partial charge in [-0.2, -0.15) is 0 Å². The fraction of sp³-hybridized carbons (Fsp3) is 0.667. The van der Waals surface area contributed by atoms with Gasteiger partial charge in [0, 0.05) is 18.5 Å². The third kappa shape index (κ3) is 2.05. The number of sulfone groups is 1. The summed E-state index contributed by atoms with van der Waals surface area (Å²) in [5.74, 6) is 0.914. The highest BCUT2D eigenvalue weighted by atomic mass is 32.2. The first-order valence-electron chi connectivity index (χ1n) is 4.97. The molecule has 0 saturated carbocycles. The first kappa shape index (κ1) is 10.6. The van der Waals surface area contributed by atoms with Crippen molar-refractivity contribution < 1.29 is 12.9 Å². The second-order valence-electron chi connectivity index (χ2n) is 3.81. The standard InChI is InChI=1S/C9H14N2O3S/c10-5-7-6-11-14-9(7)4-8-2-1-3-15(8,12)13/h6,8H,1-5,10H2. The summed E-state index contributed by atoms with van der Waals surface area (Å²) < 4.78 is 28.2. The first-order valence-corrected chi connectivity index (χ1v) is 6.69. The predicted molar refractivity (Wildman–Crippen MR) is 54.9 cm³/mol. The lowest BCUT2D eigenvalue weighted by atomic mass is 10.1. The molecule has 1 aliphatic rings. The predicted octanol–water partition coefficient (Wildman–Crippen LogP) is 0.253. The second kappa shape index (κ2) is 3.94. The van der Waals surface area contributed by atoms with E-state index in [9.17, 15) is 8.42 Å². The lowest BCUT2D eigenvalue weighted by molar-refractivity contribution is 0.378. The molecule has 1 atom stereocenters. The zero-order valence-electron chi connectivity index (χ0n) is 8.35. The van der Waals surface area contributed by atoms with Gasteiger partial charge in [0.1, 0.15) is 5.76 Å². The van der Waals surface area contributed by atoms with E-state index in [0.29, 0.717) is 30.9 Å². The summed E-state index contributed by atoms with van der Waals surface area (Å²) in [5, 5.41) is 3.32. The summed E-state index contributed by atoms with van der Waals surface area (Å²) in [4.78, 5) is 0. The van der Waals surface area contributed by atoms with Crippen LogP contribution in [0, 0.1) is 0 Å². The second-order valence-corrected chi connectivity index (χ2v) is 6.21. The third-order valence-electron chi connectivity index (χ3n) is 2.83. The minimum Gasteiger partial charge on any atom is -0.361 e. The largest absolute Gasteiger partial charge is 0.361 e. The topological polar surface area (TPSA) is 86.2 Å². The van der Waals surface area contributed by atoms with Crippen LogP contribution in [-0.2, 0) is 22.8 Å². The highest BCUT2D eigenvalue weighted by molar-refractivity contribution is 7.92. The minimum absolute atomic E-state index is 0.295. The van der Waals surface area contributed by atoms with Gasteiger partial charge in [-0.3, -0.25) is 0 Å². The lowest BCUT2D eigenvalue weighted by Crippen LogP contribution is -2.19. The van der Waals surface area contributed by atoms with Crippen LogP contribution in [0.2, 0.25) is 0 Å². The Morgan fingerprint density at radius 3 is 3.00 bits per heavy atom. The van der Waals surface area contributed by atoms with E-state index >= 15 is 0 Å². The van der Waals surface area contributed by atoms with E-state index in [-0.39, 0.29) is 5.25 Å². The molecule has 2 N–H and O–H groups in total. The molecule has 5 nitrogen and oxygen atoms in total. The molecule has 0 aliphatic carbocycles. The summed E-state index contributed by atoms with van der Waals surface area (Å²) in [5.41, 5.74) is 6.29. The van der Waals surface area contributed by atoms with E-state index in [2.05, 4.69) is 5.16 Å². The number of hydrogen-bond donors (Lipinski definition) is 1. The maximum absolute atomic E-state index is 11.6. The summed E-state index contributed by atoms with van der Waals surface area (Å²) in [6.45, 7) is 0.339. The van der Waals surface area contributed by atoms with Gasteiger partial charge in [0.2, 0.25) is 0 Å². The van der Waals surface area contributed by atoms with Crippen LogP contribution in [0.3, 0.4) is 0 Å². The van der Waals surface area contributed by atoms with Gasteiger partial charge in [0.05, 0.1) is 17.2 Å². The van der Waals surface area contributed by atoms with Crippen molar-refractivity contribution in [1.82, 2.24) is 5.16 Å². The molecule has 2 heterocycles. The van der Waals surface area contributed by atoms with Crippen molar-refractivity contribution in [2.45, 2.75) is 31.1 Å². The molecular weight excluding hydrogens is 216 g/mol. The van der Waals surface area contributed by atoms with Gasteiger partial charge in [0.15, 0.2) is 9.84 Å². The Labute approximate surface area is 88.5 Å². The van der Waals surface area contributed by atoms with E-state index in [1.807, 2.05) is 0 Å². The van der Waals surface area contributed by atoms with Crippen molar-refractivity contribution in [3.05, 3.63) is 17.5 Å². The van der Waals surface area contributed by atoms with Crippen molar-refractivity contribution >= 4 is 9.84 Å². The highest BCUT2D eigenvalue weighted by Crippen LogP contribution is 2.24. The van der Waals surface area contributed by atoms with E-state index in [0.717, 1.165) is 12.0 Å². The van der Waals surface area contributed by atoms with E-state index in [1.54, 1.807) is 6.20 Å². The molecule has 0 bridgehead atoms. The highest BCUT2D eigenvalue weighted by Gasteiger charge is 2.32. The normalized spacial score (nSPS) is 24.5. The zero-order valence-corrected chi connectivity index (χ0v) is 9.16. The van der Waals surface area contributed by atoms with Crippen LogP contribution in [0.25, 0.3) is 0 Å². The number of aromatic nitrogens is 1. The molecule has 0 radical (unpaired) electrons. The van der Waals surface area contributed by atoms with E-state index < -0.39 is 9.84 Å². The van der Waals surface area contributed by atoms with Crippen LogP contribution >= 0.6 is 0 Å². The fourth-order valence-corrected chi connectivity index (χ4v) is 3.75. The van der Waals surface area contributed by atoms with Gasteiger partial charge in [-0.1, -0.05) is 5.16 Å². The van der Waals surface area contributed by atoms with Gasteiger partial charge < -0.3 is 10.3 Å². The first-order chi connectivity index (χ1) is 7.13. The Hall–Kier alpha value is -0.880. The average Bonchev–Trinajstić information content (AvgIpc) is 2.74.